The summed E-state index contributed by atoms with van der Waals surface area (Å²) in [6.07, 6.45) is 8.06. The number of piperazine rings is 1. The summed E-state index contributed by atoms with van der Waals surface area (Å²) in [5, 5.41) is 13.8. The second-order valence-electron chi connectivity index (χ2n) is 11.2. The summed E-state index contributed by atoms with van der Waals surface area (Å²) >= 11 is 1.87. The van der Waals surface area contributed by atoms with Gasteiger partial charge in [0.25, 0.3) is 0 Å². The van der Waals surface area contributed by atoms with Crippen LogP contribution in [-0.4, -0.2) is 95.8 Å². The molecule has 2 aromatic carbocycles. The third-order valence-electron chi connectivity index (χ3n) is 8.38. The number of rotatable bonds is 9. The van der Waals surface area contributed by atoms with Crippen LogP contribution in [0.2, 0.25) is 0 Å². The molecule has 2 fully saturated rings. The second kappa shape index (κ2) is 13.3. The van der Waals surface area contributed by atoms with Gasteiger partial charge in [0.2, 0.25) is 17.1 Å². The Hall–Kier alpha value is -3.73. The van der Waals surface area contributed by atoms with Gasteiger partial charge < -0.3 is 24.5 Å². The summed E-state index contributed by atoms with van der Waals surface area (Å²) < 4.78 is 12.2. The molecule has 3 aromatic rings. The standard InChI is InChI=1S/C33H38N4O5S/c1-35-27(22-43-29(35)20-23-6-4-13-34-21-23)33(40)37-17-15-36(16-18-37)14-5-19-41-32-30(39)26-7-2-3-8-28(26)42-31(32)24-9-11-25(38)12-10-24/h2-4,6-12,21,27,29,34,38H,5,13-20,22H2,1H3. The van der Waals surface area contributed by atoms with Gasteiger partial charge in [-0.15, -0.1) is 11.8 Å². The molecule has 0 spiro atoms. The number of aromatic hydroxyl groups is 1. The number of para-hydroxylation sites is 1. The summed E-state index contributed by atoms with van der Waals surface area (Å²) in [5.74, 6) is 1.74. The van der Waals surface area contributed by atoms with Crippen LogP contribution in [0.5, 0.6) is 11.5 Å². The first-order valence-electron chi connectivity index (χ1n) is 14.9. The maximum absolute atomic E-state index is 13.4. The number of amides is 1. The SMILES string of the molecule is CN1C(CC2=CNCC=C2)SCC1C(=O)N1CCN(CCCOc2c(-c3ccc(O)cc3)oc3ccccc3c2=O)CC1. The fraction of sp³-hybridized carbons (Fsp3) is 0.394. The normalized spacial score (nSPS) is 21.1. The molecule has 2 unspecified atom stereocenters. The van der Waals surface area contributed by atoms with Crippen LogP contribution in [0.25, 0.3) is 22.3 Å². The van der Waals surface area contributed by atoms with Crippen molar-refractivity contribution in [3.63, 3.8) is 0 Å². The molecule has 0 aliphatic carbocycles. The van der Waals surface area contributed by atoms with Crippen LogP contribution >= 0.6 is 11.8 Å². The number of likely N-dealkylation sites (N-methyl/N-ethyl adjacent to an activating group) is 1. The number of nitrogens with zero attached hydrogens (tertiary/aromatic N) is 3. The lowest BCUT2D eigenvalue weighted by Gasteiger charge is -2.37. The highest BCUT2D eigenvalue weighted by atomic mass is 32.2. The first-order chi connectivity index (χ1) is 21.0. The average molecular weight is 603 g/mol. The van der Waals surface area contributed by atoms with Gasteiger partial charge in [-0.3, -0.25) is 19.4 Å². The molecule has 9 nitrogen and oxygen atoms in total. The lowest BCUT2D eigenvalue weighted by atomic mass is 10.1. The fourth-order valence-corrected chi connectivity index (χ4v) is 7.33. The van der Waals surface area contributed by atoms with E-state index in [0.29, 0.717) is 34.3 Å². The van der Waals surface area contributed by atoms with E-state index in [1.807, 2.05) is 22.7 Å². The molecule has 1 aromatic heterocycles. The van der Waals surface area contributed by atoms with Crippen LogP contribution < -0.4 is 15.5 Å². The van der Waals surface area contributed by atoms with Crippen molar-refractivity contribution in [3.8, 4) is 22.8 Å². The van der Waals surface area contributed by atoms with Gasteiger partial charge in [0.15, 0.2) is 5.76 Å². The van der Waals surface area contributed by atoms with Crippen LogP contribution in [0.15, 0.2) is 81.7 Å². The van der Waals surface area contributed by atoms with Crippen LogP contribution in [0.1, 0.15) is 12.8 Å². The van der Waals surface area contributed by atoms with E-state index in [9.17, 15) is 14.7 Å². The molecule has 0 radical (unpaired) electrons. The lowest BCUT2D eigenvalue weighted by molar-refractivity contribution is -0.137. The molecule has 2 N–H and O–H groups in total. The zero-order valence-electron chi connectivity index (χ0n) is 24.4. The molecule has 2 saturated heterocycles. The van der Waals surface area contributed by atoms with E-state index in [2.05, 4.69) is 40.5 Å². The van der Waals surface area contributed by atoms with Gasteiger partial charge in [-0.1, -0.05) is 24.3 Å². The number of dihydropyridines is 1. The Morgan fingerprint density at radius 2 is 1.91 bits per heavy atom. The summed E-state index contributed by atoms with van der Waals surface area (Å²) in [7, 11) is 2.08. The Morgan fingerprint density at radius 1 is 1.12 bits per heavy atom. The molecule has 6 rings (SSSR count). The lowest BCUT2D eigenvalue weighted by Crippen LogP contribution is -2.54. The Balaban J connectivity index is 1.00. The third kappa shape index (κ3) is 6.61. The number of hydrogen-bond donors (Lipinski definition) is 2. The predicted octanol–water partition coefficient (Wildman–Crippen LogP) is 3.89. The van der Waals surface area contributed by atoms with Crippen molar-refractivity contribution in [2.75, 3.05) is 58.7 Å². The topological polar surface area (TPSA) is 98.5 Å². The van der Waals surface area contributed by atoms with Gasteiger partial charge in [-0.25, -0.2) is 0 Å². The number of phenolic OH excluding ortho intramolecular Hbond substituents is 1. The van der Waals surface area contributed by atoms with E-state index < -0.39 is 0 Å². The highest BCUT2D eigenvalue weighted by Gasteiger charge is 2.38. The second-order valence-corrected chi connectivity index (χ2v) is 12.4. The predicted molar refractivity (Wildman–Crippen MR) is 170 cm³/mol. The Labute approximate surface area is 255 Å². The smallest absolute Gasteiger partial charge is 0.240 e. The molecule has 1 amide bonds. The van der Waals surface area contributed by atoms with Crippen LogP contribution in [0.3, 0.4) is 0 Å². The number of phenols is 1. The van der Waals surface area contributed by atoms with Crippen molar-refractivity contribution < 1.29 is 19.1 Å². The van der Waals surface area contributed by atoms with Gasteiger partial charge in [-0.2, -0.15) is 0 Å². The van der Waals surface area contributed by atoms with E-state index >= 15 is 0 Å². The van der Waals surface area contributed by atoms with Gasteiger partial charge >= 0.3 is 0 Å². The zero-order valence-corrected chi connectivity index (χ0v) is 25.2. The van der Waals surface area contributed by atoms with E-state index in [1.54, 1.807) is 42.5 Å². The summed E-state index contributed by atoms with van der Waals surface area (Å²) in [4.78, 5) is 33.4. The molecule has 0 bridgehead atoms. The van der Waals surface area contributed by atoms with Crippen molar-refractivity contribution in [2.24, 2.45) is 0 Å². The van der Waals surface area contributed by atoms with Crippen molar-refractivity contribution in [3.05, 3.63) is 82.7 Å². The minimum atomic E-state index is -0.210. The molecular weight excluding hydrogens is 564 g/mol. The number of hydrogen-bond acceptors (Lipinski definition) is 9. The minimum Gasteiger partial charge on any atom is -0.508 e. The Kier molecular flexibility index (Phi) is 9.06. The monoisotopic (exact) mass is 602 g/mol. The first-order valence-corrected chi connectivity index (χ1v) is 15.9. The maximum Gasteiger partial charge on any atom is 0.240 e. The maximum atomic E-state index is 13.4. The van der Waals surface area contributed by atoms with Gasteiger partial charge in [0, 0.05) is 50.6 Å². The van der Waals surface area contributed by atoms with Gasteiger partial charge in [0.1, 0.15) is 11.3 Å². The molecule has 10 heteroatoms. The molecular formula is C33H38N4O5S. The van der Waals surface area contributed by atoms with Crippen molar-refractivity contribution in [1.82, 2.24) is 20.0 Å². The van der Waals surface area contributed by atoms with Gasteiger partial charge in [0.05, 0.1) is 23.4 Å². The molecule has 43 heavy (non-hydrogen) atoms. The molecule has 4 heterocycles. The first kappa shape index (κ1) is 29.3. The van der Waals surface area contributed by atoms with E-state index in [4.69, 9.17) is 9.15 Å². The van der Waals surface area contributed by atoms with Crippen molar-refractivity contribution in [1.29, 1.82) is 0 Å². The van der Waals surface area contributed by atoms with E-state index in [-0.39, 0.29) is 28.9 Å². The zero-order chi connectivity index (χ0) is 29.8. The number of benzene rings is 2. The highest BCUT2D eigenvalue weighted by molar-refractivity contribution is 8.00. The van der Waals surface area contributed by atoms with Gasteiger partial charge in [-0.05, 0) is 68.1 Å². The number of allylic oxidation sites excluding steroid dienone is 1. The number of nitrogens with one attached hydrogen (secondary N) is 1. The van der Waals surface area contributed by atoms with E-state index in [1.165, 1.54) is 5.57 Å². The summed E-state index contributed by atoms with van der Waals surface area (Å²) in [6.45, 7) is 5.12. The largest absolute Gasteiger partial charge is 0.508 e. The molecule has 0 saturated carbocycles. The molecule has 226 valence electrons. The number of carbonyl (C=O) groups is 1. The number of fused-ring (bicyclic) bond motifs is 1. The third-order valence-corrected chi connectivity index (χ3v) is 9.77. The highest BCUT2D eigenvalue weighted by Crippen LogP contribution is 2.34. The molecule has 3 aliphatic heterocycles. The van der Waals surface area contributed by atoms with Crippen LogP contribution in [0, 0.1) is 0 Å². The summed E-state index contributed by atoms with van der Waals surface area (Å²) in [5.41, 5.74) is 2.22. The summed E-state index contributed by atoms with van der Waals surface area (Å²) in [6, 6.07) is 13.6. The van der Waals surface area contributed by atoms with Crippen molar-refractivity contribution >= 4 is 28.6 Å². The Morgan fingerprint density at radius 3 is 2.67 bits per heavy atom. The Bertz CT molecular complexity index is 1560. The molecule has 2 atom stereocenters. The number of thioether (sulfide) groups is 1. The average Bonchev–Trinajstić information content (AvgIpc) is 3.40. The minimum absolute atomic E-state index is 0.0764. The number of ether oxygens (including phenoxy) is 1. The fourth-order valence-electron chi connectivity index (χ4n) is 5.86. The molecule has 3 aliphatic rings. The quantitative estimate of drug-likeness (QED) is 0.354. The van der Waals surface area contributed by atoms with Crippen LogP contribution in [-0.2, 0) is 4.79 Å². The number of carbonyl (C=O) groups excluding carboxylic acids is 1. The van der Waals surface area contributed by atoms with Crippen molar-refractivity contribution in [2.45, 2.75) is 24.3 Å². The van der Waals surface area contributed by atoms with E-state index in [0.717, 1.165) is 57.9 Å². The van der Waals surface area contributed by atoms with Crippen LogP contribution in [0.4, 0.5) is 0 Å².